The lowest BCUT2D eigenvalue weighted by atomic mass is 9.88. The van der Waals surface area contributed by atoms with Crippen molar-refractivity contribution in [2.45, 2.75) is 46.6 Å². The van der Waals surface area contributed by atoms with Gasteiger partial charge in [-0.3, -0.25) is 0 Å². The van der Waals surface area contributed by atoms with Gasteiger partial charge in [-0.2, -0.15) is 0 Å². The quantitative estimate of drug-likeness (QED) is 0.918. The summed E-state index contributed by atoms with van der Waals surface area (Å²) in [5.41, 5.74) is 2.34. The molecule has 0 aliphatic carbocycles. The molecule has 2 atom stereocenters. The van der Waals surface area contributed by atoms with Crippen LogP contribution in [0.25, 0.3) is 0 Å². The van der Waals surface area contributed by atoms with Crippen molar-refractivity contribution >= 4 is 5.69 Å². The van der Waals surface area contributed by atoms with Gasteiger partial charge in [0.25, 0.3) is 0 Å². The highest BCUT2D eigenvalue weighted by Crippen LogP contribution is 2.28. The zero-order chi connectivity index (χ0) is 14.7. The van der Waals surface area contributed by atoms with Gasteiger partial charge >= 0.3 is 0 Å². The summed E-state index contributed by atoms with van der Waals surface area (Å²) in [5.74, 6) is 2.86. The van der Waals surface area contributed by atoms with Crippen molar-refractivity contribution in [2.75, 3.05) is 25.0 Å². The summed E-state index contributed by atoms with van der Waals surface area (Å²) in [6.45, 7) is 12.0. The minimum atomic E-state index is 0.375. The zero-order valence-electron chi connectivity index (χ0n) is 13.5. The normalized spacial score (nSPS) is 23.4. The summed E-state index contributed by atoms with van der Waals surface area (Å²) in [4.78, 5) is 11.8. The molecule has 4 heteroatoms. The molecule has 0 bridgehead atoms. The lowest BCUT2D eigenvalue weighted by Crippen LogP contribution is -2.39. The lowest BCUT2D eigenvalue weighted by Gasteiger charge is -2.37. The van der Waals surface area contributed by atoms with E-state index in [1.807, 2.05) is 13.2 Å². The Balaban J connectivity index is 2.26. The van der Waals surface area contributed by atoms with Crippen LogP contribution in [0.4, 0.5) is 5.69 Å². The van der Waals surface area contributed by atoms with E-state index in [1.54, 1.807) is 0 Å². The summed E-state index contributed by atoms with van der Waals surface area (Å²) < 4.78 is 0. The molecule has 20 heavy (non-hydrogen) atoms. The molecule has 2 unspecified atom stereocenters. The molecular weight excluding hydrogens is 248 g/mol. The van der Waals surface area contributed by atoms with E-state index in [-0.39, 0.29) is 0 Å². The van der Waals surface area contributed by atoms with Gasteiger partial charge in [0.15, 0.2) is 0 Å². The highest BCUT2D eigenvalue weighted by molar-refractivity contribution is 5.49. The van der Waals surface area contributed by atoms with Gasteiger partial charge < -0.3 is 10.2 Å². The van der Waals surface area contributed by atoms with E-state index in [1.165, 1.54) is 12.1 Å². The molecule has 1 aromatic rings. The van der Waals surface area contributed by atoms with Crippen LogP contribution in [0.2, 0.25) is 0 Å². The fourth-order valence-corrected chi connectivity index (χ4v) is 2.75. The van der Waals surface area contributed by atoms with Gasteiger partial charge in [-0.25, -0.2) is 9.97 Å². The second-order valence-electron chi connectivity index (χ2n) is 6.43. The molecule has 0 aromatic carbocycles. The topological polar surface area (TPSA) is 41.1 Å². The van der Waals surface area contributed by atoms with Gasteiger partial charge in [0.2, 0.25) is 0 Å². The van der Waals surface area contributed by atoms with Crippen molar-refractivity contribution in [3.8, 4) is 0 Å². The Bertz CT molecular complexity index is 444. The average Bonchev–Trinajstić information content (AvgIpc) is 2.42. The molecule has 1 aromatic heterocycles. The smallest absolute Gasteiger partial charge is 0.131 e. The van der Waals surface area contributed by atoms with Gasteiger partial charge in [0.1, 0.15) is 5.82 Å². The van der Waals surface area contributed by atoms with Crippen molar-refractivity contribution in [3.05, 3.63) is 17.7 Å². The summed E-state index contributed by atoms with van der Waals surface area (Å²) >= 11 is 0. The number of piperidine rings is 1. The van der Waals surface area contributed by atoms with Crippen LogP contribution in [0.3, 0.4) is 0 Å². The molecule has 112 valence electrons. The predicted molar refractivity (Wildman–Crippen MR) is 84.0 cm³/mol. The predicted octanol–water partition coefficient (Wildman–Crippen LogP) is 2.80. The van der Waals surface area contributed by atoms with Gasteiger partial charge in [0, 0.05) is 25.6 Å². The molecule has 1 aliphatic rings. The Morgan fingerprint density at radius 3 is 2.70 bits per heavy atom. The number of nitrogens with zero attached hydrogens (tertiary/aromatic N) is 3. The fraction of sp³-hybridized carbons (Fsp3) is 0.750. The minimum absolute atomic E-state index is 0.375. The van der Waals surface area contributed by atoms with E-state index in [0.29, 0.717) is 5.92 Å². The maximum atomic E-state index is 4.77. The first-order chi connectivity index (χ1) is 9.52. The molecule has 0 amide bonds. The third-order valence-electron chi connectivity index (χ3n) is 4.40. The third kappa shape index (κ3) is 3.29. The number of aromatic nitrogens is 2. The number of rotatable bonds is 4. The average molecular weight is 276 g/mol. The number of hydrogen-bond donors (Lipinski definition) is 1. The Morgan fingerprint density at radius 1 is 1.35 bits per heavy atom. The molecule has 0 radical (unpaired) electrons. The van der Waals surface area contributed by atoms with Gasteiger partial charge in [-0.05, 0) is 25.3 Å². The summed E-state index contributed by atoms with van der Waals surface area (Å²) in [6, 6.07) is 0. The standard InChI is InChI=1S/C16H28N4/c1-11(2)16-18-9-15(14(19-16)8-17-5)20-7-6-12(3)13(4)10-20/h9,11-13,17H,6-8,10H2,1-5H3. The molecule has 1 fully saturated rings. The molecule has 1 saturated heterocycles. The van der Waals surface area contributed by atoms with Crippen LogP contribution in [0.5, 0.6) is 0 Å². The van der Waals surface area contributed by atoms with Gasteiger partial charge in [-0.15, -0.1) is 0 Å². The molecule has 1 aliphatic heterocycles. The van der Waals surface area contributed by atoms with Crippen LogP contribution in [-0.2, 0) is 6.54 Å². The molecule has 0 spiro atoms. The van der Waals surface area contributed by atoms with Crippen LogP contribution < -0.4 is 10.2 Å². The number of nitrogens with one attached hydrogen (secondary N) is 1. The van der Waals surface area contributed by atoms with E-state index in [4.69, 9.17) is 4.98 Å². The Hall–Kier alpha value is -1.16. The van der Waals surface area contributed by atoms with Crippen molar-refractivity contribution in [1.82, 2.24) is 15.3 Å². The lowest BCUT2D eigenvalue weighted by molar-refractivity contribution is 0.323. The van der Waals surface area contributed by atoms with E-state index in [9.17, 15) is 0 Å². The molecule has 0 saturated carbocycles. The van der Waals surface area contributed by atoms with Crippen molar-refractivity contribution in [3.63, 3.8) is 0 Å². The SMILES string of the molecule is CNCc1nc(C(C)C)ncc1N1CCC(C)C(C)C1. The second kappa shape index (κ2) is 6.53. The van der Waals surface area contributed by atoms with Crippen LogP contribution in [0.15, 0.2) is 6.20 Å². The summed E-state index contributed by atoms with van der Waals surface area (Å²) in [6.07, 6.45) is 3.28. The molecular formula is C16H28N4. The van der Waals surface area contributed by atoms with E-state index in [0.717, 1.165) is 43.0 Å². The minimum Gasteiger partial charge on any atom is -0.368 e. The van der Waals surface area contributed by atoms with E-state index >= 15 is 0 Å². The zero-order valence-corrected chi connectivity index (χ0v) is 13.5. The summed E-state index contributed by atoms with van der Waals surface area (Å²) in [5, 5.41) is 3.23. The summed E-state index contributed by atoms with van der Waals surface area (Å²) in [7, 11) is 1.97. The van der Waals surface area contributed by atoms with E-state index < -0.39 is 0 Å². The molecule has 2 rings (SSSR count). The molecule has 1 N–H and O–H groups in total. The Labute approximate surface area is 123 Å². The number of hydrogen-bond acceptors (Lipinski definition) is 4. The van der Waals surface area contributed by atoms with Crippen LogP contribution in [0, 0.1) is 11.8 Å². The fourth-order valence-electron chi connectivity index (χ4n) is 2.75. The first kappa shape index (κ1) is 15.2. The van der Waals surface area contributed by atoms with Crippen LogP contribution in [-0.4, -0.2) is 30.1 Å². The highest BCUT2D eigenvalue weighted by Gasteiger charge is 2.25. The maximum absolute atomic E-state index is 4.77. The monoisotopic (exact) mass is 276 g/mol. The van der Waals surface area contributed by atoms with Crippen molar-refractivity contribution in [2.24, 2.45) is 11.8 Å². The highest BCUT2D eigenvalue weighted by atomic mass is 15.2. The third-order valence-corrected chi connectivity index (χ3v) is 4.40. The second-order valence-corrected chi connectivity index (χ2v) is 6.43. The maximum Gasteiger partial charge on any atom is 0.131 e. The van der Waals surface area contributed by atoms with Crippen molar-refractivity contribution < 1.29 is 0 Å². The van der Waals surface area contributed by atoms with Crippen LogP contribution in [0.1, 0.15) is 51.6 Å². The van der Waals surface area contributed by atoms with Crippen LogP contribution >= 0.6 is 0 Å². The van der Waals surface area contributed by atoms with Gasteiger partial charge in [-0.1, -0.05) is 27.7 Å². The number of anilines is 1. The largest absolute Gasteiger partial charge is 0.368 e. The van der Waals surface area contributed by atoms with E-state index in [2.05, 4.69) is 42.9 Å². The first-order valence-electron chi connectivity index (χ1n) is 7.78. The van der Waals surface area contributed by atoms with Crippen molar-refractivity contribution in [1.29, 1.82) is 0 Å². The van der Waals surface area contributed by atoms with Gasteiger partial charge in [0.05, 0.1) is 17.6 Å². The molecule has 4 nitrogen and oxygen atoms in total. The first-order valence-corrected chi connectivity index (χ1v) is 7.78. The molecule has 2 heterocycles. The Kier molecular flexibility index (Phi) is 4.97. The Morgan fingerprint density at radius 2 is 2.10 bits per heavy atom.